The van der Waals surface area contributed by atoms with E-state index in [0.29, 0.717) is 18.8 Å². The number of primary amides is 1. The van der Waals surface area contributed by atoms with E-state index in [0.717, 1.165) is 18.4 Å². The maximum atomic E-state index is 13.1. The summed E-state index contributed by atoms with van der Waals surface area (Å²) in [6, 6.07) is 2.81. The molecule has 2 unspecified atom stereocenters. The maximum absolute atomic E-state index is 13.1. The van der Waals surface area contributed by atoms with Gasteiger partial charge in [-0.2, -0.15) is 0 Å². The fourth-order valence-electron chi connectivity index (χ4n) is 5.48. The van der Waals surface area contributed by atoms with Gasteiger partial charge in [0.05, 0.1) is 25.4 Å². The van der Waals surface area contributed by atoms with Crippen LogP contribution in [0.5, 0.6) is 0 Å². The van der Waals surface area contributed by atoms with Crippen LogP contribution in [0.2, 0.25) is 0 Å². The molecule has 8 nitrogen and oxygen atoms in total. The Morgan fingerprint density at radius 2 is 1.97 bits per heavy atom. The summed E-state index contributed by atoms with van der Waals surface area (Å²) in [5.74, 6) is -1.45. The van der Waals surface area contributed by atoms with Gasteiger partial charge in [-0.3, -0.25) is 24.2 Å². The first-order valence-electron chi connectivity index (χ1n) is 11.1. The van der Waals surface area contributed by atoms with E-state index in [4.69, 9.17) is 5.73 Å². The van der Waals surface area contributed by atoms with Crippen LogP contribution in [0.4, 0.5) is 0 Å². The molecule has 4 rings (SSSR count). The Balaban J connectivity index is 1.50. The predicted octanol–water partition coefficient (Wildman–Crippen LogP) is 1.04. The smallest absolute Gasteiger partial charge is 0.253 e. The van der Waals surface area contributed by atoms with Crippen molar-refractivity contribution in [3.8, 4) is 0 Å². The van der Waals surface area contributed by atoms with Crippen LogP contribution >= 0.6 is 0 Å². The molecule has 1 radical (unpaired) electrons. The average molecular weight is 426 g/mol. The van der Waals surface area contributed by atoms with Gasteiger partial charge in [-0.25, -0.2) is 0 Å². The monoisotopic (exact) mass is 425 g/mol. The number of carbonyl (C=O) groups excluding carboxylic acids is 4. The van der Waals surface area contributed by atoms with Crippen molar-refractivity contribution < 1.29 is 19.2 Å². The molecule has 1 aliphatic carbocycles. The first kappa shape index (κ1) is 21.5. The van der Waals surface area contributed by atoms with Gasteiger partial charge >= 0.3 is 0 Å². The molecule has 165 valence electrons. The lowest BCUT2D eigenvalue weighted by molar-refractivity contribution is -0.148. The van der Waals surface area contributed by atoms with Crippen LogP contribution in [-0.4, -0.2) is 63.0 Å². The molecule has 8 heteroatoms. The highest BCUT2D eigenvalue weighted by atomic mass is 16.2. The van der Waals surface area contributed by atoms with Gasteiger partial charge in [-0.1, -0.05) is 38.2 Å². The maximum Gasteiger partial charge on any atom is 0.253 e. The lowest BCUT2D eigenvalue weighted by Gasteiger charge is -2.35. The van der Waals surface area contributed by atoms with Crippen LogP contribution in [0.25, 0.3) is 0 Å². The molecule has 2 saturated heterocycles. The zero-order valence-corrected chi connectivity index (χ0v) is 17.7. The topological polar surface area (TPSA) is 114 Å². The Hall–Kier alpha value is -2.77. The number of nitrogens with two attached hydrogens (primary N) is 1. The molecule has 3 fully saturated rings. The van der Waals surface area contributed by atoms with E-state index >= 15 is 0 Å². The molecule has 0 aromatic carbocycles. The summed E-state index contributed by atoms with van der Waals surface area (Å²) >= 11 is 0. The van der Waals surface area contributed by atoms with Crippen LogP contribution in [0.15, 0.2) is 24.5 Å². The van der Waals surface area contributed by atoms with Crippen molar-refractivity contribution in [2.75, 3.05) is 13.1 Å². The summed E-state index contributed by atoms with van der Waals surface area (Å²) in [5, 5.41) is 0. The molecule has 3 heterocycles. The second-order valence-electron chi connectivity index (χ2n) is 8.85. The zero-order valence-electron chi connectivity index (χ0n) is 17.7. The fourth-order valence-corrected chi connectivity index (χ4v) is 5.48. The zero-order chi connectivity index (χ0) is 22.0. The van der Waals surface area contributed by atoms with Gasteiger partial charge in [0.15, 0.2) is 5.78 Å². The minimum atomic E-state index is -1.76. The normalized spacial score (nSPS) is 26.2. The van der Waals surface area contributed by atoms with Crippen molar-refractivity contribution in [3.05, 3.63) is 36.5 Å². The van der Waals surface area contributed by atoms with Crippen LogP contribution in [-0.2, 0) is 25.6 Å². The predicted molar refractivity (Wildman–Crippen MR) is 112 cm³/mol. The molecule has 2 N–H and O–H groups in total. The summed E-state index contributed by atoms with van der Waals surface area (Å²) in [4.78, 5) is 58.5. The van der Waals surface area contributed by atoms with E-state index in [9.17, 15) is 19.2 Å². The highest BCUT2D eigenvalue weighted by Gasteiger charge is 2.66. The van der Waals surface area contributed by atoms with Gasteiger partial charge in [-0.15, -0.1) is 0 Å². The molecule has 0 bridgehead atoms. The van der Waals surface area contributed by atoms with Gasteiger partial charge in [0.1, 0.15) is 0 Å². The third kappa shape index (κ3) is 3.83. The number of likely N-dealkylation sites (tertiary alicyclic amines) is 2. The molecule has 31 heavy (non-hydrogen) atoms. The summed E-state index contributed by atoms with van der Waals surface area (Å²) in [7, 11) is 0. The quantitative estimate of drug-likeness (QED) is 0.684. The summed E-state index contributed by atoms with van der Waals surface area (Å²) < 4.78 is 0. The number of Topliss-reactive ketones (excluding diaryl/α,β-unsaturated/α-hetero) is 1. The second-order valence-corrected chi connectivity index (χ2v) is 8.85. The molecule has 2 aliphatic heterocycles. The molecule has 0 spiro atoms. The van der Waals surface area contributed by atoms with E-state index < -0.39 is 23.3 Å². The van der Waals surface area contributed by atoms with E-state index in [1.807, 2.05) is 0 Å². The van der Waals surface area contributed by atoms with E-state index in [2.05, 4.69) is 4.98 Å². The summed E-state index contributed by atoms with van der Waals surface area (Å²) in [5.41, 5.74) is 4.70. The number of hydrogen-bond donors (Lipinski definition) is 1. The molecule has 2 atom stereocenters. The van der Waals surface area contributed by atoms with E-state index in [1.54, 1.807) is 30.9 Å². The van der Waals surface area contributed by atoms with Gasteiger partial charge in [-0.05, 0) is 30.4 Å². The van der Waals surface area contributed by atoms with E-state index in [-0.39, 0.29) is 31.3 Å². The number of aromatic nitrogens is 1. The lowest BCUT2D eigenvalue weighted by Crippen LogP contribution is -2.64. The first-order chi connectivity index (χ1) is 14.9. The molecular formula is C23H29N4O4. The van der Waals surface area contributed by atoms with Crippen LogP contribution in [0, 0.1) is 12.3 Å². The van der Waals surface area contributed by atoms with Crippen LogP contribution in [0.3, 0.4) is 0 Å². The molecular weight excluding hydrogens is 396 g/mol. The standard InChI is InChI=1S/C23H29N4O4/c24-22(31)23-18(10-12-27(23)20(29)9-8-16-5-2-1-3-6-16)26(15-19(23)28)21(30)13-17-7-4-11-25-14-17/h4,7,9,11,14,16,18H,1-3,5-6,8,10,12-13,15H2,(H2,24,31). The van der Waals surface area contributed by atoms with Crippen LogP contribution in [0.1, 0.15) is 50.5 Å². The largest absolute Gasteiger partial charge is 0.367 e. The Bertz CT molecular complexity index is 868. The minimum absolute atomic E-state index is 0.0776. The lowest BCUT2D eigenvalue weighted by atomic mass is 9.85. The van der Waals surface area contributed by atoms with E-state index in [1.165, 1.54) is 29.1 Å². The molecule has 3 aliphatic rings. The van der Waals surface area contributed by atoms with Crippen molar-refractivity contribution in [2.24, 2.45) is 11.7 Å². The number of nitrogens with zero attached hydrogens (tertiary/aromatic N) is 3. The number of amides is 3. The number of hydrogen-bond acceptors (Lipinski definition) is 5. The number of ketones is 1. The molecule has 3 amide bonds. The second kappa shape index (κ2) is 8.77. The Morgan fingerprint density at radius 1 is 1.19 bits per heavy atom. The van der Waals surface area contributed by atoms with Crippen molar-refractivity contribution in [1.82, 2.24) is 14.8 Å². The van der Waals surface area contributed by atoms with Crippen molar-refractivity contribution in [1.29, 1.82) is 0 Å². The fraction of sp³-hybridized carbons (Fsp3) is 0.565. The highest BCUT2D eigenvalue weighted by molar-refractivity contribution is 6.17. The highest BCUT2D eigenvalue weighted by Crippen LogP contribution is 2.40. The minimum Gasteiger partial charge on any atom is -0.367 e. The summed E-state index contributed by atoms with van der Waals surface area (Å²) in [6.07, 6.45) is 11.7. The molecule has 1 saturated carbocycles. The number of pyridine rings is 1. The first-order valence-corrected chi connectivity index (χ1v) is 11.1. The van der Waals surface area contributed by atoms with Crippen molar-refractivity contribution in [3.63, 3.8) is 0 Å². The SMILES string of the molecule is NC(=O)C12C(=O)CN(C(=O)Cc3cccnc3)C1CCN2C(=O)[CH]CC1CCCCC1. The molecule has 1 aromatic rings. The van der Waals surface area contributed by atoms with Crippen LogP contribution < -0.4 is 5.73 Å². The number of carbonyl (C=O) groups is 4. The van der Waals surface area contributed by atoms with Crippen molar-refractivity contribution in [2.45, 2.75) is 62.9 Å². The Kier molecular flexibility index (Phi) is 6.07. The number of fused-ring (bicyclic) bond motifs is 1. The Labute approximate surface area is 182 Å². The third-order valence-corrected chi connectivity index (χ3v) is 7.04. The third-order valence-electron chi connectivity index (χ3n) is 7.04. The van der Waals surface area contributed by atoms with Gasteiger partial charge in [0, 0.05) is 18.9 Å². The Morgan fingerprint density at radius 3 is 2.65 bits per heavy atom. The van der Waals surface area contributed by atoms with Gasteiger partial charge in [0.25, 0.3) is 5.91 Å². The average Bonchev–Trinajstić information content (AvgIpc) is 3.31. The number of rotatable bonds is 6. The molecule has 1 aromatic heterocycles. The van der Waals surface area contributed by atoms with Gasteiger partial charge < -0.3 is 15.5 Å². The van der Waals surface area contributed by atoms with Crippen molar-refractivity contribution >= 4 is 23.5 Å². The summed E-state index contributed by atoms with van der Waals surface area (Å²) in [6.45, 7) is 0.0229. The van der Waals surface area contributed by atoms with Gasteiger partial charge in [0.2, 0.25) is 17.4 Å².